The molecule has 0 saturated carbocycles. The van der Waals surface area contributed by atoms with E-state index in [9.17, 15) is 8.78 Å². The molecule has 2 N–H and O–H groups in total. The van der Waals surface area contributed by atoms with Gasteiger partial charge < -0.3 is 5.73 Å². The summed E-state index contributed by atoms with van der Waals surface area (Å²) < 4.78 is 27.4. The molecule has 0 saturated heterocycles. The summed E-state index contributed by atoms with van der Waals surface area (Å²) in [5, 5.41) is 1.31. The van der Waals surface area contributed by atoms with Gasteiger partial charge in [-0.2, -0.15) is 0 Å². The number of rotatable bonds is 4. The van der Waals surface area contributed by atoms with Gasteiger partial charge in [-0.05, 0) is 60.9 Å². The van der Waals surface area contributed by atoms with Crippen molar-refractivity contribution < 1.29 is 8.78 Å². The number of hydrogen-bond donors (Lipinski definition) is 1. The average Bonchev–Trinajstić information content (AvgIpc) is 3.00. The SMILES string of the molecule is C=Cc1ccnc(-c2nc3cc(F)cc(F)c3c(Cl)c2C)c1.C=Cc1ccnc(-c2nc3ccccc3c(N)c2C)c1. The normalized spacial score (nSPS) is 10.8. The molecule has 0 bridgehead atoms. The summed E-state index contributed by atoms with van der Waals surface area (Å²) in [5.74, 6) is -1.42. The highest BCUT2D eigenvalue weighted by atomic mass is 35.5. The quantitative estimate of drug-likeness (QED) is 0.226. The Morgan fingerprint density at radius 3 is 1.95 bits per heavy atom. The zero-order valence-electron chi connectivity index (χ0n) is 23.0. The zero-order valence-corrected chi connectivity index (χ0v) is 23.8. The van der Waals surface area contributed by atoms with E-state index in [1.54, 1.807) is 43.6 Å². The molecule has 4 aromatic heterocycles. The van der Waals surface area contributed by atoms with Crippen molar-refractivity contribution in [2.45, 2.75) is 13.8 Å². The van der Waals surface area contributed by atoms with Crippen LogP contribution in [0.3, 0.4) is 0 Å². The van der Waals surface area contributed by atoms with Crippen LogP contribution in [0.4, 0.5) is 14.5 Å². The van der Waals surface area contributed by atoms with E-state index in [1.807, 2.05) is 43.3 Å². The number of nitrogens with zero attached hydrogens (tertiary/aromatic N) is 4. The fraction of sp³-hybridized carbons (Fsp3) is 0.0588. The zero-order chi connectivity index (χ0) is 30.0. The van der Waals surface area contributed by atoms with Crippen LogP contribution in [0.25, 0.3) is 56.7 Å². The van der Waals surface area contributed by atoms with Gasteiger partial charge in [0.25, 0.3) is 0 Å². The van der Waals surface area contributed by atoms with Crippen LogP contribution in [0.5, 0.6) is 0 Å². The second-order valence-electron chi connectivity index (χ2n) is 9.55. The number of anilines is 1. The lowest BCUT2D eigenvalue weighted by atomic mass is 10.0. The summed E-state index contributed by atoms with van der Waals surface area (Å²) in [6, 6.07) is 17.3. The smallest absolute Gasteiger partial charge is 0.137 e. The van der Waals surface area contributed by atoms with Crippen molar-refractivity contribution in [3.8, 4) is 22.8 Å². The molecule has 6 aromatic rings. The molecule has 2 aromatic carbocycles. The number of aromatic nitrogens is 4. The van der Waals surface area contributed by atoms with E-state index in [2.05, 4.69) is 28.1 Å². The average molecular weight is 578 g/mol. The molecule has 8 heteroatoms. The van der Waals surface area contributed by atoms with Crippen LogP contribution in [0.1, 0.15) is 22.3 Å². The first-order chi connectivity index (χ1) is 20.2. The Hall–Kier alpha value is -5.01. The number of nitrogen functional groups attached to an aromatic ring is 1. The lowest BCUT2D eigenvalue weighted by Gasteiger charge is -2.11. The van der Waals surface area contributed by atoms with Gasteiger partial charge in [0.15, 0.2) is 0 Å². The molecule has 0 aliphatic rings. The fourth-order valence-electron chi connectivity index (χ4n) is 4.60. The molecule has 0 aliphatic carbocycles. The third-order valence-electron chi connectivity index (χ3n) is 6.88. The second-order valence-corrected chi connectivity index (χ2v) is 9.93. The van der Waals surface area contributed by atoms with E-state index in [1.165, 1.54) is 0 Å². The van der Waals surface area contributed by atoms with Crippen molar-refractivity contribution in [2.75, 3.05) is 5.73 Å². The molecule has 5 nitrogen and oxygen atoms in total. The van der Waals surface area contributed by atoms with E-state index < -0.39 is 11.6 Å². The van der Waals surface area contributed by atoms with E-state index in [-0.39, 0.29) is 15.9 Å². The number of para-hydroxylation sites is 1. The summed E-state index contributed by atoms with van der Waals surface area (Å²) in [5.41, 5.74) is 14.2. The van der Waals surface area contributed by atoms with Crippen LogP contribution >= 0.6 is 11.6 Å². The summed E-state index contributed by atoms with van der Waals surface area (Å²) in [4.78, 5) is 17.7. The summed E-state index contributed by atoms with van der Waals surface area (Å²) in [6.45, 7) is 11.2. The van der Waals surface area contributed by atoms with Gasteiger partial charge in [-0.1, -0.05) is 55.1 Å². The van der Waals surface area contributed by atoms with Crippen LogP contribution in [0.15, 0.2) is 86.2 Å². The second kappa shape index (κ2) is 11.8. The summed E-state index contributed by atoms with van der Waals surface area (Å²) in [7, 11) is 0. The van der Waals surface area contributed by atoms with Crippen molar-refractivity contribution in [2.24, 2.45) is 0 Å². The van der Waals surface area contributed by atoms with Crippen molar-refractivity contribution >= 4 is 51.2 Å². The van der Waals surface area contributed by atoms with E-state index in [4.69, 9.17) is 22.3 Å². The standard InChI is InChI=1S/C17H11ClF2N2.C17H15N3/c1-3-10-4-5-21-14(6-10)17-9(2)16(18)15-12(20)7-11(19)8-13(15)22-17;1-3-12-8-9-19-15(10-12)17-11(2)16(18)13-6-4-5-7-14(13)20-17/h3-8H,1H2,2H3;3-10H,1H2,2H3,(H2,18,20). The van der Waals surface area contributed by atoms with Crippen molar-refractivity contribution in [1.82, 2.24) is 19.9 Å². The third kappa shape index (κ3) is 5.47. The maximum Gasteiger partial charge on any atom is 0.137 e. The number of fused-ring (bicyclic) bond motifs is 2. The predicted octanol–water partition coefficient (Wildman–Crippen LogP) is 9.01. The van der Waals surface area contributed by atoms with Crippen LogP contribution in [0.2, 0.25) is 5.02 Å². The van der Waals surface area contributed by atoms with Gasteiger partial charge in [0.2, 0.25) is 0 Å². The summed E-state index contributed by atoms with van der Waals surface area (Å²) >= 11 is 6.26. The van der Waals surface area contributed by atoms with Crippen LogP contribution in [0, 0.1) is 25.5 Å². The van der Waals surface area contributed by atoms with Gasteiger partial charge in [0, 0.05) is 41.2 Å². The van der Waals surface area contributed by atoms with Gasteiger partial charge >= 0.3 is 0 Å². The molecular formula is C34H26ClF2N5. The molecule has 0 spiro atoms. The Kier molecular flexibility index (Phi) is 8.04. The van der Waals surface area contributed by atoms with Gasteiger partial charge in [0.1, 0.15) is 11.6 Å². The minimum Gasteiger partial charge on any atom is -0.398 e. The number of halogens is 3. The molecule has 0 amide bonds. The Morgan fingerprint density at radius 1 is 0.762 bits per heavy atom. The van der Waals surface area contributed by atoms with Crippen LogP contribution in [-0.2, 0) is 0 Å². The lowest BCUT2D eigenvalue weighted by Crippen LogP contribution is -1.99. The first kappa shape index (κ1) is 28.5. The van der Waals surface area contributed by atoms with Crippen molar-refractivity contribution in [3.63, 3.8) is 0 Å². The van der Waals surface area contributed by atoms with Crippen LogP contribution < -0.4 is 5.73 Å². The predicted molar refractivity (Wildman–Crippen MR) is 169 cm³/mol. The molecule has 208 valence electrons. The van der Waals surface area contributed by atoms with Crippen molar-refractivity contribution in [3.05, 3.63) is 125 Å². The molecule has 6 rings (SSSR count). The first-order valence-electron chi connectivity index (χ1n) is 13.0. The van der Waals surface area contributed by atoms with Gasteiger partial charge in [-0.15, -0.1) is 0 Å². The van der Waals surface area contributed by atoms with Crippen LogP contribution in [-0.4, -0.2) is 19.9 Å². The molecule has 0 unspecified atom stereocenters. The topological polar surface area (TPSA) is 77.6 Å². The number of benzene rings is 2. The van der Waals surface area contributed by atoms with Gasteiger partial charge in [-0.25, -0.2) is 18.7 Å². The van der Waals surface area contributed by atoms with Gasteiger partial charge in [-0.3, -0.25) is 9.97 Å². The van der Waals surface area contributed by atoms with Crippen molar-refractivity contribution in [1.29, 1.82) is 0 Å². The molecule has 0 radical (unpaired) electrons. The monoisotopic (exact) mass is 577 g/mol. The number of hydrogen-bond acceptors (Lipinski definition) is 5. The highest BCUT2D eigenvalue weighted by molar-refractivity contribution is 6.36. The molecule has 0 fully saturated rings. The Morgan fingerprint density at radius 2 is 1.33 bits per heavy atom. The Labute approximate surface area is 247 Å². The summed E-state index contributed by atoms with van der Waals surface area (Å²) in [6.07, 6.45) is 6.87. The van der Waals surface area contributed by atoms with E-state index >= 15 is 0 Å². The maximum atomic E-state index is 13.9. The first-order valence-corrected chi connectivity index (χ1v) is 13.4. The molecular weight excluding hydrogens is 552 g/mol. The molecule has 42 heavy (non-hydrogen) atoms. The lowest BCUT2D eigenvalue weighted by molar-refractivity contribution is 0.591. The highest BCUT2D eigenvalue weighted by Gasteiger charge is 2.17. The number of pyridine rings is 4. The fourth-order valence-corrected chi connectivity index (χ4v) is 4.88. The number of nitrogens with two attached hydrogens (primary N) is 1. The Balaban J connectivity index is 0.000000169. The maximum absolute atomic E-state index is 13.9. The largest absolute Gasteiger partial charge is 0.398 e. The van der Waals surface area contributed by atoms with Gasteiger partial charge in [0.05, 0.1) is 44.2 Å². The third-order valence-corrected chi connectivity index (χ3v) is 7.35. The molecule has 0 aliphatic heterocycles. The van der Waals surface area contributed by atoms with E-state index in [0.29, 0.717) is 17.0 Å². The minimum atomic E-state index is -0.727. The Bertz CT molecular complexity index is 2010. The highest BCUT2D eigenvalue weighted by Crippen LogP contribution is 2.34. The minimum absolute atomic E-state index is 0.115. The van der Waals surface area contributed by atoms with E-state index in [0.717, 1.165) is 56.8 Å². The molecule has 0 atom stereocenters. The molecule has 4 heterocycles.